The summed E-state index contributed by atoms with van der Waals surface area (Å²) in [6.07, 6.45) is 6.20. The van der Waals surface area contributed by atoms with E-state index in [4.69, 9.17) is 5.73 Å². The van der Waals surface area contributed by atoms with Gasteiger partial charge in [-0.2, -0.15) is 0 Å². The highest BCUT2D eigenvalue weighted by molar-refractivity contribution is 4.79. The molecule has 0 spiro atoms. The Labute approximate surface area is 88.6 Å². The predicted molar refractivity (Wildman–Crippen MR) is 62.3 cm³/mol. The first-order valence-electron chi connectivity index (χ1n) is 5.96. The van der Waals surface area contributed by atoms with Crippen LogP contribution in [0.4, 0.5) is 0 Å². The lowest BCUT2D eigenvalue weighted by Gasteiger charge is -2.28. The Morgan fingerprint density at radius 2 is 1.71 bits per heavy atom. The molecule has 0 amide bonds. The summed E-state index contributed by atoms with van der Waals surface area (Å²) in [5, 5.41) is 3.64. The van der Waals surface area contributed by atoms with E-state index in [0.717, 1.165) is 12.6 Å². The van der Waals surface area contributed by atoms with E-state index in [2.05, 4.69) is 26.1 Å². The fraction of sp³-hybridized carbons (Fsp3) is 1.00. The Hall–Kier alpha value is -0.0800. The van der Waals surface area contributed by atoms with Gasteiger partial charge >= 0.3 is 0 Å². The van der Waals surface area contributed by atoms with Crippen molar-refractivity contribution in [1.82, 2.24) is 5.32 Å². The minimum absolute atomic E-state index is 0.456. The molecule has 0 atom stereocenters. The molecule has 1 aliphatic rings. The third-order valence-electron chi connectivity index (χ3n) is 3.08. The van der Waals surface area contributed by atoms with Crippen LogP contribution in [0, 0.1) is 5.41 Å². The van der Waals surface area contributed by atoms with Crippen molar-refractivity contribution < 1.29 is 0 Å². The van der Waals surface area contributed by atoms with Gasteiger partial charge in [0.1, 0.15) is 0 Å². The topological polar surface area (TPSA) is 38.0 Å². The van der Waals surface area contributed by atoms with E-state index in [1.165, 1.54) is 32.1 Å². The van der Waals surface area contributed by atoms with Gasteiger partial charge in [0.25, 0.3) is 0 Å². The first-order chi connectivity index (χ1) is 6.47. The Kier molecular flexibility index (Phi) is 4.39. The van der Waals surface area contributed by atoms with Gasteiger partial charge in [-0.1, -0.05) is 20.8 Å². The van der Waals surface area contributed by atoms with Gasteiger partial charge in [-0.25, -0.2) is 0 Å². The molecule has 0 aromatic heterocycles. The third kappa shape index (κ3) is 4.97. The van der Waals surface area contributed by atoms with E-state index in [-0.39, 0.29) is 0 Å². The van der Waals surface area contributed by atoms with Crippen LogP contribution < -0.4 is 11.1 Å². The standard InChI is InChI=1S/C12H26N2/c1-12(2,3)8-9-14-11-6-4-10(13)5-7-11/h10-11,14H,4-9,13H2,1-3H3. The second-order valence-corrected chi connectivity index (χ2v) is 5.88. The summed E-state index contributed by atoms with van der Waals surface area (Å²) >= 11 is 0. The number of hydrogen-bond acceptors (Lipinski definition) is 2. The van der Waals surface area contributed by atoms with E-state index in [1.54, 1.807) is 0 Å². The molecule has 14 heavy (non-hydrogen) atoms. The van der Waals surface area contributed by atoms with Gasteiger partial charge in [0.2, 0.25) is 0 Å². The molecule has 3 N–H and O–H groups in total. The van der Waals surface area contributed by atoms with Crippen LogP contribution in [-0.2, 0) is 0 Å². The number of hydrogen-bond donors (Lipinski definition) is 2. The van der Waals surface area contributed by atoms with Crippen LogP contribution in [-0.4, -0.2) is 18.6 Å². The van der Waals surface area contributed by atoms with E-state index in [0.29, 0.717) is 11.5 Å². The molecule has 2 nitrogen and oxygen atoms in total. The minimum atomic E-state index is 0.456. The lowest BCUT2D eigenvalue weighted by Crippen LogP contribution is -2.38. The fourth-order valence-electron chi connectivity index (χ4n) is 1.97. The summed E-state index contributed by atoms with van der Waals surface area (Å²) in [4.78, 5) is 0. The molecule has 1 aliphatic carbocycles. The fourth-order valence-corrected chi connectivity index (χ4v) is 1.97. The van der Waals surface area contributed by atoms with Gasteiger partial charge in [-0.3, -0.25) is 0 Å². The molecule has 1 saturated carbocycles. The average Bonchev–Trinajstić information content (AvgIpc) is 2.06. The quantitative estimate of drug-likeness (QED) is 0.730. The van der Waals surface area contributed by atoms with Crippen molar-refractivity contribution in [3.05, 3.63) is 0 Å². The Bertz CT molecular complexity index is 152. The molecular weight excluding hydrogens is 172 g/mol. The van der Waals surface area contributed by atoms with Crippen molar-refractivity contribution in [3.8, 4) is 0 Å². The van der Waals surface area contributed by atoms with Gasteiger partial charge < -0.3 is 11.1 Å². The van der Waals surface area contributed by atoms with Gasteiger partial charge in [-0.15, -0.1) is 0 Å². The molecule has 0 heterocycles. The molecule has 2 heteroatoms. The Morgan fingerprint density at radius 3 is 2.21 bits per heavy atom. The third-order valence-corrected chi connectivity index (χ3v) is 3.08. The second-order valence-electron chi connectivity index (χ2n) is 5.88. The number of nitrogens with one attached hydrogen (secondary N) is 1. The molecule has 0 bridgehead atoms. The molecule has 0 saturated heterocycles. The summed E-state index contributed by atoms with van der Waals surface area (Å²) in [6.45, 7) is 8.05. The summed E-state index contributed by atoms with van der Waals surface area (Å²) < 4.78 is 0. The number of nitrogens with two attached hydrogens (primary N) is 1. The zero-order chi connectivity index (χ0) is 10.6. The van der Waals surface area contributed by atoms with Gasteiger partial charge in [0, 0.05) is 12.1 Å². The van der Waals surface area contributed by atoms with Crippen molar-refractivity contribution in [2.45, 2.75) is 65.0 Å². The highest BCUT2D eigenvalue weighted by Crippen LogP contribution is 2.19. The lowest BCUT2D eigenvalue weighted by atomic mass is 9.90. The number of rotatable bonds is 3. The van der Waals surface area contributed by atoms with Crippen molar-refractivity contribution in [1.29, 1.82) is 0 Å². The summed E-state index contributed by atoms with van der Waals surface area (Å²) in [5.41, 5.74) is 6.32. The smallest absolute Gasteiger partial charge is 0.00682 e. The van der Waals surface area contributed by atoms with Gasteiger partial charge in [-0.05, 0) is 44.1 Å². The average molecular weight is 198 g/mol. The maximum Gasteiger partial charge on any atom is 0.00682 e. The van der Waals surface area contributed by atoms with Crippen LogP contribution in [0.15, 0.2) is 0 Å². The summed E-state index contributed by atoms with van der Waals surface area (Å²) in [5.74, 6) is 0. The van der Waals surface area contributed by atoms with Crippen molar-refractivity contribution in [2.75, 3.05) is 6.54 Å². The SMILES string of the molecule is CC(C)(C)CCNC1CCC(N)CC1. The van der Waals surface area contributed by atoms with Crippen LogP contribution in [0.25, 0.3) is 0 Å². The van der Waals surface area contributed by atoms with Crippen LogP contribution in [0.5, 0.6) is 0 Å². The molecule has 0 unspecified atom stereocenters. The summed E-state index contributed by atoms with van der Waals surface area (Å²) in [6, 6.07) is 1.20. The van der Waals surface area contributed by atoms with Crippen LogP contribution in [0.3, 0.4) is 0 Å². The molecule has 1 rings (SSSR count). The molecular formula is C12H26N2. The van der Waals surface area contributed by atoms with Crippen molar-refractivity contribution >= 4 is 0 Å². The Balaban J connectivity index is 2.08. The molecule has 1 fully saturated rings. The van der Waals surface area contributed by atoms with E-state index in [9.17, 15) is 0 Å². The van der Waals surface area contributed by atoms with Crippen molar-refractivity contribution in [2.24, 2.45) is 11.1 Å². The maximum absolute atomic E-state index is 5.87. The highest BCUT2D eigenvalue weighted by atomic mass is 14.9. The van der Waals surface area contributed by atoms with E-state index < -0.39 is 0 Å². The largest absolute Gasteiger partial charge is 0.328 e. The molecule has 0 aromatic carbocycles. The summed E-state index contributed by atoms with van der Waals surface area (Å²) in [7, 11) is 0. The molecule has 0 radical (unpaired) electrons. The lowest BCUT2D eigenvalue weighted by molar-refractivity contribution is 0.310. The van der Waals surface area contributed by atoms with Crippen molar-refractivity contribution in [3.63, 3.8) is 0 Å². The maximum atomic E-state index is 5.87. The monoisotopic (exact) mass is 198 g/mol. The first kappa shape index (κ1) is 12.0. The van der Waals surface area contributed by atoms with Gasteiger partial charge in [0.15, 0.2) is 0 Å². The van der Waals surface area contributed by atoms with Crippen LogP contribution in [0.1, 0.15) is 52.9 Å². The first-order valence-corrected chi connectivity index (χ1v) is 5.96. The minimum Gasteiger partial charge on any atom is -0.328 e. The zero-order valence-corrected chi connectivity index (χ0v) is 9.97. The van der Waals surface area contributed by atoms with Crippen LogP contribution in [0.2, 0.25) is 0 Å². The normalized spacial score (nSPS) is 29.1. The molecule has 0 aromatic rings. The predicted octanol–water partition coefficient (Wildman–Crippen LogP) is 2.28. The molecule has 0 aliphatic heterocycles. The second kappa shape index (κ2) is 5.13. The van der Waals surface area contributed by atoms with Crippen LogP contribution >= 0.6 is 0 Å². The highest BCUT2D eigenvalue weighted by Gasteiger charge is 2.18. The molecule has 84 valence electrons. The Morgan fingerprint density at radius 1 is 1.14 bits per heavy atom. The zero-order valence-electron chi connectivity index (χ0n) is 9.97. The van der Waals surface area contributed by atoms with E-state index in [1.807, 2.05) is 0 Å². The van der Waals surface area contributed by atoms with E-state index >= 15 is 0 Å². The van der Waals surface area contributed by atoms with Gasteiger partial charge in [0.05, 0.1) is 0 Å².